The van der Waals surface area contributed by atoms with E-state index in [2.05, 4.69) is 23.2 Å². The van der Waals surface area contributed by atoms with Crippen molar-refractivity contribution < 1.29 is 9.47 Å². The van der Waals surface area contributed by atoms with E-state index in [0.717, 1.165) is 24.5 Å². The van der Waals surface area contributed by atoms with Crippen LogP contribution in [-0.2, 0) is 0 Å². The van der Waals surface area contributed by atoms with Crippen molar-refractivity contribution in [1.82, 2.24) is 10.2 Å². The minimum atomic E-state index is 0.432. The van der Waals surface area contributed by atoms with Crippen LogP contribution in [0.15, 0.2) is 12.1 Å². The Balaban J connectivity index is 2.27. The van der Waals surface area contributed by atoms with Gasteiger partial charge < -0.3 is 9.47 Å². The van der Waals surface area contributed by atoms with E-state index in [1.54, 1.807) is 14.2 Å². The van der Waals surface area contributed by atoms with Gasteiger partial charge in [0.25, 0.3) is 5.88 Å². The number of nitrogens with zero attached hydrogens (tertiary/aromatic N) is 2. The zero-order valence-corrected chi connectivity index (χ0v) is 10.6. The summed E-state index contributed by atoms with van der Waals surface area (Å²) in [5.41, 5.74) is 2.16. The molecule has 92 valence electrons. The number of methoxy groups -OCH3 is 2. The average Bonchev–Trinajstić information content (AvgIpc) is 2.39. The Morgan fingerprint density at radius 3 is 2.65 bits per heavy atom. The third-order valence-electron chi connectivity index (χ3n) is 3.14. The Morgan fingerprint density at radius 2 is 2.06 bits per heavy atom. The maximum absolute atomic E-state index is 5.23. The largest absolute Gasteiger partial charge is 0.491 e. The molecule has 4 nitrogen and oxygen atoms in total. The molecule has 0 N–H and O–H groups in total. The van der Waals surface area contributed by atoms with Crippen LogP contribution in [0.4, 0.5) is 0 Å². The van der Waals surface area contributed by atoms with Gasteiger partial charge in [0.2, 0.25) is 0 Å². The molecule has 0 radical (unpaired) electrons. The molecule has 0 aromatic carbocycles. The fourth-order valence-corrected chi connectivity index (χ4v) is 2.01. The quantitative estimate of drug-likeness (QED) is 0.806. The maximum Gasteiger partial charge on any atom is 0.276 e. The minimum Gasteiger partial charge on any atom is -0.491 e. The van der Waals surface area contributed by atoms with Crippen LogP contribution in [0.3, 0.4) is 0 Å². The van der Waals surface area contributed by atoms with Crippen LogP contribution in [0.1, 0.15) is 31.9 Å². The number of allylic oxidation sites excluding steroid dienone is 2. The van der Waals surface area contributed by atoms with Gasteiger partial charge in [-0.15, -0.1) is 10.2 Å². The van der Waals surface area contributed by atoms with Gasteiger partial charge in [0.05, 0.1) is 19.9 Å². The fourth-order valence-electron chi connectivity index (χ4n) is 2.01. The highest BCUT2D eigenvalue weighted by Crippen LogP contribution is 2.32. The predicted octanol–water partition coefficient (Wildman–Crippen LogP) is 2.70. The first-order valence-corrected chi connectivity index (χ1v) is 5.89. The number of ether oxygens (including phenoxy) is 2. The van der Waals surface area contributed by atoms with Crippen molar-refractivity contribution in [2.24, 2.45) is 5.92 Å². The molecule has 1 heterocycles. The first-order chi connectivity index (χ1) is 8.24. The lowest BCUT2D eigenvalue weighted by Gasteiger charge is -2.18. The Hall–Kier alpha value is -1.58. The van der Waals surface area contributed by atoms with E-state index >= 15 is 0 Å². The highest BCUT2D eigenvalue weighted by Gasteiger charge is 2.15. The first-order valence-electron chi connectivity index (χ1n) is 5.89. The van der Waals surface area contributed by atoms with Crippen LogP contribution in [0.25, 0.3) is 5.57 Å². The minimum absolute atomic E-state index is 0.432. The van der Waals surface area contributed by atoms with Gasteiger partial charge in [-0.05, 0) is 30.8 Å². The standard InChI is InChI=1S/C13H18N2O2/c1-9-4-6-10(7-5-9)11-8-12(16-2)13(17-3)15-14-11/h6,8-9H,4-5,7H2,1-3H3. The van der Waals surface area contributed by atoms with Crippen molar-refractivity contribution in [2.75, 3.05) is 14.2 Å². The summed E-state index contributed by atoms with van der Waals surface area (Å²) in [5, 5.41) is 8.21. The van der Waals surface area contributed by atoms with Crippen LogP contribution < -0.4 is 9.47 Å². The van der Waals surface area contributed by atoms with Crippen molar-refractivity contribution >= 4 is 5.57 Å². The molecule has 1 aromatic rings. The van der Waals surface area contributed by atoms with Crippen LogP contribution >= 0.6 is 0 Å². The lowest BCUT2D eigenvalue weighted by Crippen LogP contribution is -2.04. The monoisotopic (exact) mass is 234 g/mol. The summed E-state index contributed by atoms with van der Waals surface area (Å²) in [5.74, 6) is 1.84. The van der Waals surface area contributed by atoms with E-state index in [9.17, 15) is 0 Å². The van der Waals surface area contributed by atoms with E-state index in [4.69, 9.17) is 9.47 Å². The average molecular weight is 234 g/mol. The van der Waals surface area contributed by atoms with Crippen molar-refractivity contribution in [3.05, 3.63) is 17.8 Å². The Labute approximate surface area is 102 Å². The van der Waals surface area contributed by atoms with Gasteiger partial charge in [-0.2, -0.15) is 0 Å². The molecule has 0 aliphatic heterocycles. The molecule has 17 heavy (non-hydrogen) atoms. The summed E-state index contributed by atoms with van der Waals surface area (Å²) in [6.45, 7) is 2.27. The van der Waals surface area contributed by atoms with Gasteiger partial charge in [-0.25, -0.2) is 0 Å². The molecule has 0 fully saturated rings. The molecule has 0 saturated heterocycles. The molecule has 1 aromatic heterocycles. The fraction of sp³-hybridized carbons (Fsp3) is 0.538. The van der Waals surface area contributed by atoms with Crippen LogP contribution in [0, 0.1) is 5.92 Å². The first kappa shape index (κ1) is 11.9. The van der Waals surface area contributed by atoms with Gasteiger partial charge in [0, 0.05) is 6.07 Å². The van der Waals surface area contributed by atoms with Gasteiger partial charge >= 0.3 is 0 Å². The molecule has 1 aliphatic carbocycles. The van der Waals surface area contributed by atoms with Gasteiger partial charge in [0.1, 0.15) is 0 Å². The molecule has 1 atom stereocenters. The Morgan fingerprint density at radius 1 is 1.24 bits per heavy atom. The van der Waals surface area contributed by atoms with Crippen molar-refractivity contribution in [1.29, 1.82) is 0 Å². The number of aromatic nitrogens is 2. The highest BCUT2D eigenvalue weighted by atomic mass is 16.5. The predicted molar refractivity (Wildman–Crippen MR) is 66.1 cm³/mol. The van der Waals surface area contributed by atoms with E-state index < -0.39 is 0 Å². The normalized spacial score (nSPS) is 19.7. The highest BCUT2D eigenvalue weighted by molar-refractivity contribution is 5.64. The van der Waals surface area contributed by atoms with E-state index in [-0.39, 0.29) is 0 Å². The zero-order chi connectivity index (χ0) is 12.3. The van der Waals surface area contributed by atoms with Crippen LogP contribution in [0.5, 0.6) is 11.6 Å². The summed E-state index contributed by atoms with van der Waals surface area (Å²) in [4.78, 5) is 0. The van der Waals surface area contributed by atoms with Gasteiger partial charge in [-0.1, -0.05) is 13.0 Å². The molecular formula is C13H18N2O2. The second-order valence-electron chi connectivity index (χ2n) is 4.42. The lowest BCUT2D eigenvalue weighted by molar-refractivity contribution is 0.338. The third kappa shape index (κ3) is 2.57. The second kappa shape index (κ2) is 5.17. The number of hydrogen-bond acceptors (Lipinski definition) is 4. The molecule has 1 aliphatic rings. The van der Waals surface area contributed by atoms with Crippen molar-refractivity contribution in [3.8, 4) is 11.6 Å². The zero-order valence-electron chi connectivity index (χ0n) is 10.6. The van der Waals surface area contributed by atoms with Gasteiger partial charge in [0.15, 0.2) is 5.75 Å². The molecular weight excluding hydrogens is 216 g/mol. The molecule has 0 amide bonds. The van der Waals surface area contributed by atoms with Crippen molar-refractivity contribution in [2.45, 2.75) is 26.2 Å². The number of hydrogen-bond donors (Lipinski definition) is 0. The summed E-state index contributed by atoms with van der Waals surface area (Å²) in [7, 11) is 3.18. The Kier molecular flexibility index (Phi) is 3.61. The third-order valence-corrected chi connectivity index (χ3v) is 3.14. The molecule has 0 bridgehead atoms. The molecule has 0 saturated carbocycles. The summed E-state index contributed by atoms with van der Waals surface area (Å²) in [6.07, 6.45) is 5.64. The molecule has 0 spiro atoms. The number of rotatable bonds is 3. The second-order valence-corrected chi connectivity index (χ2v) is 4.42. The smallest absolute Gasteiger partial charge is 0.276 e. The lowest BCUT2D eigenvalue weighted by atomic mass is 9.89. The van der Waals surface area contributed by atoms with Crippen molar-refractivity contribution in [3.63, 3.8) is 0 Å². The maximum atomic E-state index is 5.23. The summed E-state index contributed by atoms with van der Waals surface area (Å²) in [6, 6.07) is 1.90. The Bertz CT molecular complexity index is 429. The molecule has 1 unspecified atom stereocenters. The van der Waals surface area contributed by atoms with Crippen LogP contribution in [-0.4, -0.2) is 24.4 Å². The van der Waals surface area contributed by atoms with E-state index in [1.165, 1.54) is 12.0 Å². The van der Waals surface area contributed by atoms with Gasteiger partial charge in [-0.3, -0.25) is 0 Å². The van der Waals surface area contributed by atoms with E-state index in [1.807, 2.05) is 6.07 Å². The van der Waals surface area contributed by atoms with Crippen LogP contribution in [0.2, 0.25) is 0 Å². The summed E-state index contributed by atoms with van der Waals surface area (Å²) >= 11 is 0. The summed E-state index contributed by atoms with van der Waals surface area (Å²) < 4.78 is 10.3. The molecule has 4 heteroatoms. The topological polar surface area (TPSA) is 44.2 Å². The van der Waals surface area contributed by atoms with E-state index in [0.29, 0.717) is 11.6 Å². The SMILES string of the molecule is COc1cc(C2=CCC(C)CC2)nnc1OC. The molecule has 2 rings (SSSR count).